The molecule has 0 aliphatic heterocycles. The van der Waals surface area contributed by atoms with Crippen LogP contribution in [0.5, 0.6) is 0 Å². The number of aryl methyl sites for hydroxylation is 2. The van der Waals surface area contributed by atoms with Gasteiger partial charge in [-0.25, -0.2) is 4.79 Å². The van der Waals surface area contributed by atoms with E-state index in [4.69, 9.17) is 10.5 Å². The monoisotopic (exact) mass is 476 g/mol. The van der Waals surface area contributed by atoms with Crippen molar-refractivity contribution in [2.24, 2.45) is 5.73 Å². The minimum Gasteiger partial charge on any atom is -0.444 e. The molecule has 0 saturated carbocycles. The molecule has 2 atom stereocenters. The Morgan fingerprint density at radius 3 is 1.97 bits per heavy atom. The second-order valence-corrected chi connectivity index (χ2v) is 10.4. The second-order valence-electron chi connectivity index (χ2n) is 10.4. The largest absolute Gasteiger partial charge is 0.444 e. The van der Waals surface area contributed by atoms with Gasteiger partial charge in [0.25, 0.3) is 0 Å². The molecule has 9 heteroatoms. The molecule has 0 bridgehead atoms. The Morgan fingerprint density at radius 1 is 1.03 bits per heavy atom. The summed E-state index contributed by atoms with van der Waals surface area (Å²) in [4.78, 5) is 52.7. The fourth-order valence-electron chi connectivity index (χ4n) is 3.64. The number of likely N-dealkylation sites (N-methyl/N-ethyl adjacent to an activating group) is 1. The number of nitrogens with zero attached hydrogens (tertiary/aromatic N) is 1. The summed E-state index contributed by atoms with van der Waals surface area (Å²) in [6, 6.07) is 3.36. The third-order valence-corrected chi connectivity index (χ3v) is 4.89. The predicted molar refractivity (Wildman–Crippen MR) is 131 cm³/mol. The average Bonchev–Trinajstić information content (AvgIpc) is 2.63. The van der Waals surface area contributed by atoms with Gasteiger partial charge in [-0.1, -0.05) is 18.2 Å². The van der Waals surface area contributed by atoms with E-state index in [0.717, 1.165) is 11.1 Å². The lowest BCUT2D eigenvalue weighted by Crippen LogP contribution is -2.55. The number of hydrogen-bond acceptors (Lipinski definition) is 5. The first-order chi connectivity index (χ1) is 15.5. The van der Waals surface area contributed by atoms with Crippen molar-refractivity contribution in [1.82, 2.24) is 15.5 Å². The van der Waals surface area contributed by atoms with Crippen LogP contribution in [0.3, 0.4) is 0 Å². The minimum absolute atomic E-state index is 0.153. The van der Waals surface area contributed by atoms with Crippen LogP contribution in [0.25, 0.3) is 0 Å². The summed E-state index contributed by atoms with van der Waals surface area (Å²) in [5, 5.41) is 5.41. The van der Waals surface area contributed by atoms with E-state index in [1.807, 2.05) is 52.8 Å². The Bertz CT molecular complexity index is 895. The van der Waals surface area contributed by atoms with Crippen molar-refractivity contribution in [1.29, 1.82) is 0 Å². The summed E-state index contributed by atoms with van der Waals surface area (Å²) >= 11 is 0. The van der Waals surface area contributed by atoms with E-state index in [2.05, 4.69) is 10.6 Å². The first-order valence-corrected chi connectivity index (χ1v) is 11.4. The number of carbonyl (C=O) groups excluding carboxylic acids is 4. The maximum absolute atomic E-state index is 13.7. The summed E-state index contributed by atoms with van der Waals surface area (Å²) in [5.74, 6) is -1.74. The SMILES string of the molecule is CCN(C(=O)C(CC(N)=O)NC(=O)OC(C)(C)C)C(C(=O)NC(C)(C)C)c1c(C)cccc1C. The highest BCUT2D eigenvalue weighted by molar-refractivity contribution is 5.95. The highest BCUT2D eigenvalue weighted by Crippen LogP contribution is 2.29. The van der Waals surface area contributed by atoms with Gasteiger partial charge >= 0.3 is 6.09 Å². The number of amides is 4. The van der Waals surface area contributed by atoms with E-state index in [0.29, 0.717) is 5.56 Å². The van der Waals surface area contributed by atoms with Gasteiger partial charge in [-0.15, -0.1) is 0 Å². The van der Waals surface area contributed by atoms with Crippen LogP contribution in [-0.2, 0) is 19.1 Å². The van der Waals surface area contributed by atoms with E-state index in [-0.39, 0.29) is 12.5 Å². The highest BCUT2D eigenvalue weighted by atomic mass is 16.6. The first-order valence-electron chi connectivity index (χ1n) is 11.4. The van der Waals surface area contributed by atoms with E-state index >= 15 is 0 Å². The molecule has 34 heavy (non-hydrogen) atoms. The number of hydrogen-bond donors (Lipinski definition) is 3. The molecular formula is C25H40N4O5. The third-order valence-electron chi connectivity index (χ3n) is 4.89. The normalized spacial score (nSPS) is 13.4. The number of rotatable bonds is 8. The van der Waals surface area contributed by atoms with Gasteiger partial charge in [-0.05, 0) is 79.0 Å². The topological polar surface area (TPSA) is 131 Å². The van der Waals surface area contributed by atoms with Crippen LogP contribution in [0, 0.1) is 13.8 Å². The molecule has 0 aliphatic rings. The molecular weight excluding hydrogens is 436 g/mol. The molecule has 0 spiro atoms. The van der Waals surface area contributed by atoms with Gasteiger partial charge in [0.15, 0.2) is 0 Å². The van der Waals surface area contributed by atoms with Crippen molar-refractivity contribution in [3.63, 3.8) is 0 Å². The number of alkyl carbamates (subject to hydrolysis) is 1. The van der Waals surface area contributed by atoms with Gasteiger partial charge in [0, 0.05) is 12.1 Å². The lowest BCUT2D eigenvalue weighted by atomic mass is 9.92. The van der Waals surface area contributed by atoms with Crippen LogP contribution < -0.4 is 16.4 Å². The second kappa shape index (κ2) is 11.4. The Morgan fingerprint density at radius 2 is 1.56 bits per heavy atom. The van der Waals surface area contributed by atoms with Crippen molar-refractivity contribution in [2.45, 2.75) is 92.0 Å². The van der Waals surface area contributed by atoms with Crippen molar-refractivity contribution in [3.05, 3.63) is 34.9 Å². The molecule has 1 aromatic carbocycles. The maximum atomic E-state index is 13.7. The number of primary amides is 1. The molecule has 0 fully saturated rings. The number of benzene rings is 1. The van der Waals surface area contributed by atoms with E-state index in [1.54, 1.807) is 27.7 Å². The average molecular weight is 477 g/mol. The zero-order valence-electron chi connectivity index (χ0n) is 21.9. The Hall–Kier alpha value is -3.10. The molecule has 1 rings (SSSR count). The fourth-order valence-corrected chi connectivity index (χ4v) is 3.64. The van der Waals surface area contributed by atoms with Crippen LogP contribution in [0.1, 0.15) is 77.6 Å². The molecule has 0 heterocycles. The molecule has 9 nitrogen and oxygen atoms in total. The number of nitrogens with two attached hydrogens (primary N) is 1. The van der Waals surface area contributed by atoms with Gasteiger partial charge in [0.2, 0.25) is 17.7 Å². The first kappa shape index (κ1) is 28.9. The summed E-state index contributed by atoms with van der Waals surface area (Å²) in [5.41, 5.74) is 6.39. The lowest BCUT2D eigenvalue weighted by Gasteiger charge is -2.36. The standard InChI is InChI=1S/C25H40N4O5/c1-10-29(22(32)17(14-18(26)30)27-23(33)34-25(7,8)9)20(21(31)28-24(4,5)6)19-15(2)12-11-13-16(19)3/h11-13,17,20H,10,14H2,1-9H3,(H2,26,30)(H,27,33)(H,28,31). The molecule has 0 aliphatic carbocycles. The molecule has 0 saturated heterocycles. The van der Waals surface area contributed by atoms with Gasteiger partial charge < -0.3 is 26.0 Å². The molecule has 0 aromatic heterocycles. The van der Waals surface area contributed by atoms with Gasteiger partial charge in [-0.2, -0.15) is 0 Å². The Labute approximate surface area is 202 Å². The van der Waals surface area contributed by atoms with Gasteiger partial charge in [0.05, 0.1) is 6.42 Å². The maximum Gasteiger partial charge on any atom is 0.408 e. The van der Waals surface area contributed by atoms with Crippen LogP contribution in [0.2, 0.25) is 0 Å². The number of nitrogens with one attached hydrogen (secondary N) is 2. The van der Waals surface area contributed by atoms with Crippen LogP contribution >= 0.6 is 0 Å². The van der Waals surface area contributed by atoms with Crippen molar-refractivity contribution in [2.75, 3.05) is 6.54 Å². The fraction of sp³-hybridized carbons (Fsp3) is 0.600. The number of carbonyl (C=O) groups is 4. The number of ether oxygens (including phenoxy) is 1. The molecule has 2 unspecified atom stereocenters. The van der Waals surface area contributed by atoms with Crippen LogP contribution in [-0.4, -0.2) is 52.4 Å². The van der Waals surface area contributed by atoms with E-state index in [9.17, 15) is 19.2 Å². The van der Waals surface area contributed by atoms with Gasteiger partial charge in [0.1, 0.15) is 17.7 Å². The molecule has 0 radical (unpaired) electrons. The van der Waals surface area contributed by atoms with Crippen LogP contribution in [0.4, 0.5) is 4.79 Å². The molecule has 4 N–H and O–H groups in total. The minimum atomic E-state index is -1.29. The van der Waals surface area contributed by atoms with Crippen molar-refractivity contribution in [3.8, 4) is 0 Å². The third kappa shape index (κ3) is 8.68. The van der Waals surface area contributed by atoms with Crippen LogP contribution in [0.15, 0.2) is 18.2 Å². The summed E-state index contributed by atoms with van der Waals surface area (Å²) in [7, 11) is 0. The van der Waals surface area contributed by atoms with Crippen molar-refractivity contribution >= 4 is 23.8 Å². The lowest BCUT2D eigenvalue weighted by molar-refractivity contribution is -0.143. The van der Waals surface area contributed by atoms with E-state index in [1.165, 1.54) is 4.90 Å². The van der Waals surface area contributed by atoms with E-state index < -0.39 is 47.6 Å². The zero-order valence-corrected chi connectivity index (χ0v) is 21.9. The van der Waals surface area contributed by atoms with Gasteiger partial charge in [-0.3, -0.25) is 14.4 Å². The quantitative estimate of drug-likeness (QED) is 0.531. The Balaban J connectivity index is 3.51. The smallest absolute Gasteiger partial charge is 0.408 e. The molecule has 190 valence electrons. The van der Waals surface area contributed by atoms with Crippen molar-refractivity contribution < 1.29 is 23.9 Å². The Kier molecular flexibility index (Phi) is 9.66. The summed E-state index contributed by atoms with van der Waals surface area (Å²) in [6.07, 6.45) is -1.29. The summed E-state index contributed by atoms with van der Waals surface area (Å²) < 4.78 is 5.26. The highest BCUT2D eigenvalue weighted by Gasteiger charge is 2.38. The zero-order chi connectivity index (χ0) is 26.4. The molecule has 1 aromatic rings. The summed E-state index contributed by atoms with van der Waals surface area (Å²) in [6.45, 7) is 16.2. The molecule has 4 amide bonds. The predicted octanol–water partition coefficient (Wildman–Crippen LogP) is 2.88.